The number of hydrogen-bond donors (Lipinski definition) is 1. The molecule has 0 aromatic heterocycles. The van der Waals surface area contributed by atoms with Crippen molar-refractivity contribution in [3.63, 3.8) is 0 Å². The number of alkyl halides is 1. The summed E-state index contributed by atoms with van der Waals surface area (Å²) in [6.45, 7) is 1.06. The van der Waals surface area contributed by atoms with Crippen molar-refractivity contribution in [1.29, 1.82) is 0 Å². The van der Waals surface area contributed by atoms with Gasteiger partial charge in [0, 0.05) is 6.54 Å². The molecule has 3 nitrogen and oxygen atoms in total. The number of carbonyl (C=O) groups is 1. The first-order chi connectivity index (χ1) is 6.68. The van der Waals surface area contributed by atoms with Crippen molar-refractivity contribution < 1.29 is 14.3 Å². The van der Waals surface area contributed by atoms with Gasteiger partial charge in [-0.05, 0) is 38.1 Å². The molecule has 2 rings (SSSR count). The van der Waals surface area contributed by atoms with Crippen molar-refractivity contribution in [3.05, 3.63) is 0 Å². The minimum Gasteiger partial charge on any atom is -0.480 e. The van der Waals surface area contributed by atoms with E-state index in [9.17, 15) is 9.18 Å². The van der Waals surface area contributed by atoms with E-state index in [4.69, 9.17) is 5.11 Å². The molecule has 1 N–H and O–H groups in total. The van der Waals surface area contributed by atoms with Crippen LogP contribution in [0.3, 0.4) is 0 Å². The highest BCUT2D eigenvalue weighted by molar-refractivity contribution is 5.74. The van der Waals surface area contributed by atoms with E-state index in [1.807, 2.05) is 4.90 Å². The van der Waals surface area contributed by atoms with Crippen LogP contribution in [-0.4, -0.2) is 41.3 Å². The summed E-state index contributed by atoms with van der Waals surface area (Å²) in [6, 6.07) is -0.423. The van der Waals surface area contributed by atoms with Crippen molar-refractivity contribution in [1.82, 2.24) is 4.90 Å². The Morgan fingerprint density at radius 1 is 1.43 bits per heavy atom. The largest absolute Gasteiger partial charge is 0.480 e. The van der Waals surface area contributed by atoms with E-state index in [0.29, 0.717) is 13.0 Å². The second-order valence-electron chi connectivity index (χ2n) is 4.35. The van der Waals surface area contributed by atoms with Crippen LogP contribution in [0.4, 0.5) is 4.39 Å². The third kappa shape index (κ3) is 2.05. The average molecular weight is 201 g/mol. The van der Waals surface area contributed by atoms with Crippen LogP contribution in [0.1, 0.15) is 25.7 Å². The Bertz CT molecular complexity index is 230. The van der Waals surface area contributed by atoms with Crippen LogP contribution < -0.4 is 0 Å². The van der Waals surface area contributed by atoms with Crippen molar-refractivity contribution in [2.75, 3.05) is 13.1 Å². The molecular weight excluding hydrogens is 185 g/mol. The lowest BCUT2D eigenvalue weighted by Crippen LogP contribution is -2.48. The molecule has 0 aromatic rings. The Kier molecular flexibility index (Phi) is 2.72. The van der Waals surface area contributed by atoms with Crippen LogP contribution in [0.2, 0.25) is 0 Å². The zero-order valence-electron chi connectivity index (χ0n) is 8.16. The topological polar surface area (TPSA) is 40.5 Å². The molecule has 2 fully saturated rings. The Morgan fingerprint density at radius 3 is 2.64 bits per heavy atom. The molecule has 1 saturated carbocycles. The highest BCUT2D eigenvalue weighted by Crippen LogP contribution is 2.36. The minimum absolute atomic E-state index is 0.276. The van der Waals surface area contributed by atoms with Crippen LogP contribution in [0.5, 0.6) is 0 Å². The fourth-order valence-corrected chi connectivity index (χ4v) is 2.27. The summed E-state index contributed by atoms with van der Waals surface area (Å²) < 4.78 is 13.1. The summed E-state index contributed by atoms with van der Waals surface area (Å²) in [6.07, 6.45) is 2.53. The second-order valence-corrected chi connectivity index (χ2v) is 4.35. The highest BCUT2D eigenvalue weighted by atomic mass is 19.1. The first kappa shape index (κ1) is 9.90. The molecule has 2 unspecified atom stereocenters. The van der Waals surface area contributed by atoms with Gasteiger partial charge in [-0.3, -0.25) is 9.69 Å². The molecule has 1 saturated heterocycles. The van der Waals surface area contributed by atoms with Gasteiger partial charge >= 0.3 is 5.97 Å². The van der Waals surface area contributed by atoms with Crippen LogP contribution in [0.15, 0.2) is 0 Å². The van der Waals surface area contributed by atoms with E-state index in [2.05, 4.69) is 0 Å². The van der Waals surface area contributed by atoms with Gasteiger partial charge < -0.3 is 5.11 Å². The SMILES string of the molecule is O=C(O)C(C1CC1)N1CCCC(F)C1. The lowest BCUT2D eigenvalue weighted by atomic mass is 10.0. The number of piperidine rings is 1. The van der Waals surface area contributed by atoms with Crippen LogP contribution >= 0.6 is 0 Å². The van der Waals surface area contributed by atoms with E-state index in [0.717, 1.165) is 25.8 Å². The zero-order chi connectivity index (χ0) is 10.1. The van der Waals surface area contributed by atoms with E-state index in [1.54, 1.807) is 0 Å². The third-order valence-corrected chi connectivity index (χ3v) is 3.11. The van der Waals surface area contributed by atoms with Crippen molar-refractivity contribution in [3.8, 4) is 0 Å². The Balaban J connectivity index is 1.98. The monoisotopic (exact) mass is 201 g/mol. The van der Waals surface area contributed by atoms with Gasteiger partial charge in [-0.25, -0.2) is 4.39 Å². The molecule has 4 heteroatoms. The van der Waals surface area contributed by atoms with Crippen LogP contribution in [0, 0.1) is 5.92 Å². The smallest absolute Gasteiger partial charge is 0.321 e. The lowest BCUT2D eigenvalue weighted by Gasteiger charge is -2.33. The number of nitrogens with zero attached hydrogens (tertiary/aromatic N) is 1. The Morgan fingerprint density at radius 2 is 2.14 bits per heavy atom. The number of carboxylic acids is 1. The fraction of sp³-hybridized carbons (Fsp3) is 0.900. The molecule has 0 bridgehead atoms. The Labute approximate surface area is 82.9 Å². The van der Waals surface area contributed by atoms with Gasteiger partial charge in [-0.1, -0.05) is 0 Å². The number of carboxylic acid groups (broad SMARTS) is 1. The second kappa shape index (κ2) is 3.85. The molecule has 1 aliphatic heterocycles. The minimum atomic E-state index is -0.829. The van der Waals surface area contributed by atoms with Gasteiger partial charge in [0.15, 0.2) is 0 Å². The van der Waals surface area contributed by atoms with Crippen molar-refractivity contribution in [2.45, 2.75) is 37.9 Å². The first-order valence-corrected chi connectivity index (χ1v) is 5.29. The number of rotatable bonds is 3. The molecule has 0 amide bonds. The van der Waals surface area contributed by atoms with Crippen LogP contribution in [-0.2, 0) is 4.79 Å². The molecule has 0 spiro atoms. The standard InChI is InChI=1S/C10H16FNO2/c11-8-2-1-5-12(6-8)9(10(13)14)7-3-4-7/h7-9H,1-6H2,(H,13,14). The summed E-state index contributed by atoms with van der Waals surface area (Å²) >= 11 is 0. The molecule has 80 valence electrons. The molecule has 2 aliphatic rings. The summed E-state index contributed by atoms with van der Waals surface area (Å²) in [5.74, 6) is -0.501. The Hall–Kier alpha value is -0.640. The van der Waals surface area contributed by atoms with Crippen LogP contribution in [0.25, 0.3) is 0 Å². The van der Waals surface area contributed by atoms with Gasteiger partial charge in [0.2, 0.25) is 0 Å². The quantitative estimate of drug-likeness (QED) is 0.747. The number of aliphatic carboxylic acids is 1. The predicted molar refractivity (Wildman–Crippen MR) is 49.9 cm³/mol. The molecular formula is C10H16FNO2. The molecule has 0 radical (unpaired) electrons. The number of halogens is 1. The summed E-state index contributed by atoms with van der Waals surface area (Å²) in [5.41, 5.74) is 0. The van der Waals surface area contributed by atoms with E-state index < -0.39 is 18.2 Å². The lowest BCUT2D eigenvalue weighted by molar-refractivity contribution is -0.145. The summed E-state index contributed by atoms with van der Waals surface area (Å²) in [7, 11) is 0. The normalized spacial score (nSPS) is 31.4. The average Bonchev–Trinajstić information content (AvgIpc) is 2.88. The number of likely N-dealkylation sites (tertiary alicyclic amines) is 1. The molecule has 0 aromatic carbocycles. The van der Waals surface area contributed by atoms with E-state index in [-0.39, 0.29) is 5.92 Å². The molecule has 1 heterocycles. The maximum atomic E-state index is 13.1. The van der Waals surface area contributed by atoms with Crippen molar-refractivity contribution in [2.24, 2.45) is 5.92 Å². The fourth-order valence-electron chi connectivity index (χ4n) is 2.27. The summed E-state index contributed by atoms with van der Waals surface area (Å²) in [5, 5.41) is 9.06. The molecule has 14 heavy (non-hydrogen) atoms. The van der Waals surface area contributed by atoms with Gasteiger partial charge in [-0.2, -0.15) is 0 Å². The third-order valence-electron chi connectivity index (χ3n) is 3.11. The predicted octanol–water partition coefficient (Wildman–Crippen LogP) is 1.28. The van der Waals surface area contributed by atoms with Crippen molar-refractivity contribution >= 4 is 5.97 Å². The van der Waals surface area contributed by atoms with Gasteiger partial charge in [0.05, 0.1) is 0 Å². The molecule has 1 aliphatic carbocycles. The van der Waals surface area contributed by atoms with Gasteiger partial charge in [0.25, 0.3) is 0 Å². The summed E-state index contributed by atoms with van der Waals surface area (Å²) in [4.78, 5) is 12.8. The molecule has 2 atom stereocenters. The van der Waals surface area contributed by atoms with Gasteiger partial charge in [0.1, 0.15) is 12.2 Å². The van der Waals surface area contributed by atoms with Gasteiger partial charge in [-0.15, -0.1) is 0 Å². The highest BCUT2D eigenvalue weighted by Gasteiger charge is 2.41. The first-order valence-electron chi connectivity index (χ1n) is 5.29. The van der Waals surface area contributed by atoms with E-state index >= 15 is 0 Å². The van der Waals surface area contributed by atoms with E-state index in [1.165, 1.54) is 0 Å². The maximum Gasteiger partial charge on any atom is 0.321 e. The number of hydrogen-bond acceptors (Lipinski definition) is 2. The zero-order valence-corrected chi connectivity index (χ0v) is 8.16. The maximum absolute atomic E-state index is 13.1.